The normalized spacial score (nSPS) is 18.6. The van der Waals surface area contributed by atoms with Gasteiger partial charge in [0.05, 0.1) is 0 Å². The lowest BCUT2D eigenvalue weighted by Gasteiger charge is -2.19. The molecule has 1 aliphatic rings. The van der Waals surface area contributed by atoms with Crippen molar-refractivity contribution in [2.24, 2.45) is 0 Å². The zero-order chi connectivity index (χ0) is 9.14. The van der Waals surface area contributed by atoms with Gasteiger partial charge in [-0.1, -0.05) is 17.2 Å². The van der Waals surface area contributed by atoms with Crippen LogP contribution >= 0.6 is 0 Å². The van der Waals surface area contributed by atoms with Crippen LogP contribution in [0.3, 0.4) is 0 Å². The Morgan fingerprint density at radius 1 is 1.17 bits per heavy atom. The maximum absolute atomic E-state index is 3.78. The Bertz CT molecular complexity index is 251. The molecule has 0 atom stereocenters. The van der Waals surface area contributed by atoms with Crippen LogP contribution in [0.15, 0.2) is 34.9 Å². The molecular weight excluding hydrogens is 144 g/mol. The maximum atomic E-state index is 3.78. The Balaban J connectivity index is 2.94. The lowest BCUT2D eigenvalue weighted by Crippen LogP contribution is -2.00. The van der Waals surface area contributed by atoms with E-state index in [-0.39, 0.29) is 0 Å². The van der Waals surface area contributed by atoms with Crippen LogP contribution in [-0.4, -0.2) is 0 Å². The molecule has 1 aliphatic carbocycles. The molecule has 0 aromatic rings. The van der Waals surface area contributed by atoms with E-state index in [1.807, 2.05) is 6.08 Å². The van der Waals surface area contributed by atoms with Crippen LogP contribution in [-0.2, 0) is 0 Å². The van der Waals surface area contributed by atoms with E-state index in [9.17, 15) is 0 Å². The molecule has 0 heteroatoms. The van der Waals surface area contributed by atoms with E-state index in [1.54, 1.807) is 11.1 Å². The molecule has 0 amide bonds. The second-order valence-electron chi connectivity index (χ2n) is 3.63. The summed E-state index contributed by atoms with van der Waals surface area (Å²) in [5, 5.41) is 0. The first-order chi connectivity index (χ1) is 5.66. The van der Waals surface area contributed by atoms with Gasteiger partial charge in [0.1, 0.15) is 0 Å². The SMILES string of the molecule is C=CCC1=C(C)C(C)=C(C)CC1. The average molecular weight is 162 g/mol. The van der Waals surface area contributed by atoms with Gasteiger partial charge in [0.15, 0.2) is 0 Å². The maximum Gasteiger partial charge on any atom is -0.0136 e. The molecule has 0 aromatic carbocycles. The molecule has 0 unspecified atom stereocenters. The highest BCUT2D eigenvalue weighted by Crippen LogP contribution is 2.31. The van der Waals surface area contributed by atoms with E-state index in [1.165, 1.54) is 24.0 Å². The van der Waals surface area contributed by atoms with Crippen molar-refractivity contribution in [3.05, 3.63) is 34.9 Å². The standard InChI is InChI=1S/C12H18/c1-5-6-12-8-7-9(2)10(3)11(12)4/h5H,1,6-8H2,2-4H3. The van der Waals surface area contributed by atoms with E-state index in [0.29, 0.717) is 0 Å². The molecule has 66 valence electrons. The first-order valence-corrected chi connectivity index (χ1v) is 4.63. The molecule has 0 spiro atoms. The van der Waals surface area contributed by atoms with Crippen molar-refractivity contribution in [1.82, 2.24) is 0 Å². The second kappa shape index (κ2) is 3.75. The summed E-state index contributed by atoms with van der Waals surface area (Å²) in [6, 6.07) is 0. The highest BCUT2D eigenvalue weighted by atomic mass is 14.2. The van der Waals surface area contributed by atoms with Crippen LogP contribution in [0.4, 0.5) is 0 Å². The number of allylic oxidation sites excluding steroid dienone is 5. The van der Waals surface area contributed by atoms with Crippen molar-refractivity contribution in [2.45, 2.75) is 40.0 Å². The average Bonchev–Trinajstić information content (AvgIpc) is 2.07. The Labute approximate surface area is 75.7 Å². The predicted molar refractivity (Wildman–Crippen MR) is 55.1 cm³/mol. The highest BCUT2D eigenvalue weighted by molar-refractivity contribution is 5.39. The molecule has 0 bridgehead atoms. The minimum atomic E-state index is 1.07. The zero-order valence-corrected chi connectivity index (χ0v) is 8.41. The summed E-state index contributed by atoms with van der Waals surface area (Å²) in [5.74, 6) is 0. The lowest BCUT2D eigenvalue weighted by molar-refractivity contribution is 0.840. The topological polar surface area (TPSA) is 0 Å². The van der Waals surface area contributed by atoms with Gasteiger partial charge in [0.2, 0.25) is 0 Å². The largest absolute Gasteiger partial charge is 0.103 e. The van der Waals surface area contributed by atoms with Gasteiger partial charge in [-0.3, -0.25) is 0 Å². The van der Waals surface area contributed by atoms with Crippen LogP contribution in [0.1, 0.15) is 40.0 Å². The van der Waals surface area contributed by atoms with Crippen molar-refractivity contribution in [3.8, 4) is 0 Å². The molecule has 0 saturated heterocycles. The predicted octanol–water partition coefficient (Wildman–Crippen LogP) is 4.01. The Morgan fingerprint density at radius 3 is 2.42 bits per heavy atom. The van der Waals surface area contributed by atoms with Gasteiger partial charge >= 0.3 is 0 Å². The smallest absolute Gasteiger partial charge is 0.0136 e. The van der Waals surface area contributed by atoms with E-state index in [2.05, 4.69) is 27.4 Å². The third-order valence-corrected chi connectivity index (χ3v) is 2.93. The third-order valence-electron chi connectivity index (χ3n) is 2.93. The Hall–Kier alpha value is -0.780. The first-order valence-electron chi connectivity index (χ1n) is 4.63. The van der Waals surface area contributed by atoms with Gasteiger partial charge in [0.25, 0.3) is 0 Å². The van der Waals surface area contributed by atoms with E-state index >= 15 is 0 Å². The monoisotopic (exact) mass is 162 g/mol. The molecule has 0 N–H and O–H groups in total. The van der Waals surface area contributed by atoms with E-state index < -0.39 is 0 Å². The van der Waals surface area contributed by atoms with Crippen LogP contribution < -0.4 is 0 Å². The van der Waals surface area contributed by atoms with Gasteiger partial charge in [-0.05, 0) is 51.2 Å². The summed E-state index contributed by atoms with van der Waals surface area (Å²) in [7, 11) is 0. The summed E-state index contributed by atoms with van der Waals surface area (Å²) in [5.41, 5.74) is 6.13. The summed E-state index contributed by atoms with van der Waals surface area (Å²) in [6.07, 6.45) is 5.55. The summed E-state index contributed by atoms with van der Waals surface area (Å²) in [6.45, 7) is 10.5. The number of rotatable bonds is 2. The first kappa shape index (κ1) is 9.31. The summed E-state index contributed by atoms with van der Waals surface area (Å²) < 4.78 is 0. The Kier molecular flexibility index (Phi) is 2.91. The van der Waals surface area contributed by atoms with Crippen LogP contribution in [0.2, 0.25) is 0 Å². The molecule has 0 fully saturated rings. The minimum absolute atomic E-state index is 1.07. The molecule has 0 heterocycles. The summed E-state index contributed by atoms with van der Waals surface area (Å²) in [4.78, 5) is 0. The fourth-order valence-corrected chi connectivity index (χ4v) is 1.73. The highest BCUT2D eigenvalue weighted by Gasteiger charge is 2.11. The molecule has 1 rings (SSSR count). The van der Waals surface area contributed by atoms with Crippen molar-refractivity contribution in [1.29, 1.82) is 0 Å². The van der Waals surface area contributed by atoms with Gasteiger partial charge in [-0.15, -0.1) is 6.58 Å². The zero-order valence-electron chi connectivity index (χ0n) is 8.41. The molecule has 0 saturated carbocycles. The Morgan fingerprint density at radius 2 is 1.83 bits per heavy atom. The van der Waals surface area contributed by atoms with Crippen LogP contribution in [0, 0.1) is 0 Å². The van der Waals surface area contributed by atoms with Crippen molar-refractivity contribution < 1.29 is 0 Å². The number of hydrogen-bond donors (Lipinski definition) is 0. The quantitative estimate of drug-likeness (QED) is 0.538. The summed E-state index contributed by atoms with van der Waals surface area (Å²) >= 11 is 0. The van der Waals surface area contributed by atoms with Crippen molar-refractivity contribution in [2.75, 3.05) is 0 Å². The van der Waals surface area contributed by atoms with Gasteiger partial charge in [-0.2, -0.15) is 0 Å². The van der Waals surface area contributed by atoms with Gasteiger partial charge in [-0.25, -0.2) is 0 Å². The molecular formula is C12H18. The van der Waals surface area contributed by atoms with Gasteiger partial charge in [0, 0.05) is 0 Å². The van der Waals surface area contributed by atoms with E-state index in [0.717, 1.165) is 6.42 Å². The van der Waals surface area contributed by atoms with Crippen molar-refractivity contribution >= 4 is 0 Å². The van der Waals surface area contributed by atoms with Crippen LogP contribution in [0.25, 0.3) is 0 Å². The molecule has 0 aliphatic heterocycles. The second-order valence-corrected chi connectivity index (χ2v) is 3.63. The van der Waals surface area contributed by atoms with Crippen molar-refractivity contribution in [3.63, 3.8) is 0 Å². The fourth-order valence-electron chi connectivity index (χ4n) is 1.73. The lowest BCUT2D eigenvalue weighted by atomic mass is 9.86. The molecule has 12 heavy (non-hydrogen) atoms. The van der Waals surface area contributed by atoms with Crippen LogP contribution in [0.5, 0.6) is 0 Å². The molecule has 0 nitrogen and oxygen atoms in total. The third kappa shape index (κ3) is 1.69. The molecule has 0 radical (unpaired) electrons. The van der Waals surface area contributed by atoms with E-state index in [4.69, 9.17) is 0 Å². The minimum Gasteiger partial charge on any atom is -0.103 e. The number of hydrogen-bond acceptors (Lipinski definition) is 0. The fraction of sp³-hybridized carbons (Fsp3) is 0.500. The molecule has 0 aromatic heterocycles. The van der Waals surface area contributed by atoms with Gasteiger partial charge < -0.3 is 0 Å².